The van der Waals surface area contributed by atoms with Crippen LogP contribution in [-0.4, -0.2) is 25.3 Å². The van der Waals surface area contributed by atoms with Crippen LogP contribution in [0.2, 0.25) is 0 Å². The summed E-state index contributed by atoms with van der Waals surface area (Å²) in [6.45, 7) is 1.51. The van der Waals surface area contributed by atoms with Crippen molar-refractivity contribution in [2.24, 2.45) is 11.8 Å². The van der Waals surface area contributed by atoms with Crippen LogP contribution in [0.25, 0.3) is 0 Å². The molecule has 4 unspecified atom stereocenters. The van der Waals surface area contributed by atoms with Gasteiger partial charge in [0.1, 0.15) is 12.7 Å². The average molecular weight is 257 g/mol. The van der Waals surface area contributed by atoms with E-state index < -0.39 is 0 Å². The summed E-state index contributed by atoms with van der Waals surface area (Å²) < 4.78 is 11.7. The summed E-state index contributed by atoms with van der Waals surface area (Å²) in [5.74, 6) is 3.40. The third kappa shape index (κ3) is 2.02. The molecule has 3 aliphatic rings. The molecule has 0 amide bonds. The van der Waals surface area contributed by atoms with Gasteiger partial charge in [0.25, 0.3) is 0 Å². The van der Waals surface area contributed by atoms with Crippen molar-refractivity contribution in [3.63, 3.8) is 0 Å². The fourth-order valence-electron chi connectivity index (χ4n) is 3.39. The lowest BCUT2D eigenvalue weighted by molar-refractivity contribution is 0.0749. The van der Waals surface area contributed by atoms with Gasteiger partial charge in [0.15, 0.2) is 11.5 Å². The highest BCUT2D eigenvalue weighted by Crippen LogP contribution is 2.42. The molecular weight excluding hydrogens is 238 g/mol. The first-order valence-electron chi connectivity index (χ1n) is 7.19. The summed E-state index contributed by atoms with van der Waals surface area (Å²) in [4.78, 5) is 0. The molecule has 3 heteroatoms. The van der Waals surface area contributed by atoms with Crippen LogP contribution in [0.15, 0.2) is 36.4 Å². The zero-order chi connectivity index (χ0) is 12.7. The average Bonchev–Trinajstić information content (AvgIpc) is 2.80. The number of hydrogen-bond acceptors (Lipinski definition) is 3. The van der Waals surface area contributed by atoms with E-state index in [4.69, 9.17) is 9.47 Å². The number of hydrogen-bond donors (Lipinski definition) is 1. The highest BCUT2D eigenvalue weighted by molar-refractivity contribution is 5.40. The molecule has 100 valence electrons. The fourth-order valence-corrected chi connectivity index (χ4v) is 3.39. The predicted octanol–water partition coefficient (Wildman–Crippen LogP) is 2.38. The van der Waals surface area contributed by atoms with Crippen molar-refractivity contribution in [3.05, 3.63) is 36.4 Å². The minimum atomic E-state index is 0.124. The molecule has 0 aromatic heterocycles. The SMILES string of the molecule is C1=CC2C(C1)CC2NCC1COc2ccccc2O1. The van der Waals surface area contributed by atoms with Crippen molar-refractivity contribution in [1.29, 1.82) is 0 Å². The lowest BCUT2D eigenvalue weighted by Crippen LogP contribution is -2.51. The van der Waals surface area contributed by atoms with Crippen LogP contribution in [0.1, 0.15) is 12.8 Å². The van der Waals surface area contributed by atoms with Crippen molar-refractivity contribution in [1.82, 2.24) is 5.32 Å². The second-order valence-electron chi connectivity index (χ2n) is 5.75. The van der Waals surface area contributed by atoms with Crippen LogP contribution in [0, 0.1) is 11.8 Å². The number of rotatable bonds is 3. The number of benzene rings is 1. The zero-order valence-electron chi connectivity index (χ0n) is 10.9. The Morgan fingerprint density at radius 1 is 1.21 bits per heavy atom. The molecule has 0 radical (unpaired) electrons. The standard InChI is InChI=1S/C16H19NO2/c1-2-7-16-15(6-1)18-10-12(19-16)9-17-14-8-11-4-3-5-13(11)14/h1-3,5-7,11-14,17H,4,8-10H2. The molecule has 1 heterocycles. The van der Waals surface area contributed by atoms with Crippen molar-refractivity contribution in [3.8, 4) is 11.5 Å². The van der Waals surface area contributed by atoms with E-state index in [1.54, 1.807) is 0 Å². The van der Waals surface area contributed by atoms with Crippen LogP contribution in [-0.2, 0) is 0 Å². The van der Waals surface area contributed by atoms with Gasteiger partial charge in [-0.05, 0) is 36.8 Å². The van der Waals surface area contributed by atoms with Crippen molar-refractivity contribution < 1.29 is 9.47 Å². The molecule has 1 saturated carbocycles. The Kier molecular flexibility index (Phi) is 2.73. The number of fused-ring (bicyclic) bond motifs is 2. The third-order valence-corrected chi connectivity index (χ3v) is 4.54. The number of para-hydroxylation sites is 2. The lowest BCUT2D eigenvalue weighted by atomic mass is 9.71. The Bertz CT molecular complexity index is 499. The summed E-state index contributed by atoms with van der Waals surface area (Å²) >= 11 is 0. The molecule has 0 saturated heterocycles. The summed E-state index contributed by atoms with van der Waals surface area (Å²) in [6.07, 6.45) is 7.41. The quantitative estimate of drug-likeness (QED) is 0.843. The van der Waals surface area contributed by atoms with Crippen molar-refractivity contribution in [2.45, 2.75) is 25.0 Å². The van der Waals surface area contributed by atoms with Crippen LogP contribution < -0.4 is 14.8 Å². The van der Waals surface area contributed by atoms with Gasteiger partial charge in [-0.2, -0.15) is 0 Å². The molecule has 1 aromatic rings. The first-order valence-corrected chi connectivity index (χ1v) is 7.19. The number of nitrogens with one attached hydrogen (secondary N) is 1. The Labute approximate surface area is 113 Å². The largest absolute Gasteiger partial charge is 0.486 e. The zero-order valence-corrected chi connectivity index (χ0v) is 10.9. The lowest BCUT2D eigenvalue weighted by Gasteiger charge is -2.41. The van der Waals surface area contributed by atoms with Crippen molar-refractivity contribution in [2.75, 3.05) is 13.2 Å². The molecule has 4 atom stereocenters. The Balaban J connectivity index is 1.32. The summed E-state index contributed by atoms with van der Waals surface area (Å²) in [7, 11) is 0. The monoisotopic (exact) mass is 257 g/mol. The third-order valence-electron chi connectivity index (χ3n) is 4.54. The first kappa shape index (κ1) is 11.4. The molecule has 3 nitrogen and oxygen atoms in total. The smallest absolute Gasteiger partial charge is 0.161 e. The Morgan fingerprint density at radius 2 is 2.11 bits per heavy atom. The van der Waals surface area contributed by atoms with E-state index in [9.17, 15) is 0 Å². The molecule has 2 aliphatic carbocycles. The Morgan fingerprint density at radius 3 is 3.00 bits per heavy atom. The van der Waals surface area contributed by atoms with E-state index in [0.29, 0.717) is 12.6 Å². The van der Waals surface area contributed by atoms with E-state index in [0.717, 1.165) is 29.9 Å². The predicted molar refractivity (Wildman–Crippen MR) is 73.5 cm³/mol. The first-order chi connectivity index (χ1) is 9.40. The fraction of sp³-hybridized carbons (Fsp3) is 0.500. The normalized spacial score (nSPS) is 34.7. The van der Waals surface area contributed by atoms with Gasteiger partial charge >= 0.3 is 0 Å². The second kappa shape index (κ2) is 4.57. The molecule has 4 rings (SSSR count). The summed E-state index contributed by atoms with van der Waals surface area (Å²) in [5, 5.41) is 3.63. The second-order valence-corrected chi connectivity index (χ2v) is 5.75. The maximum Gasteiger partial charge on any atom is 0.161 e. The molecular formula is C16H19NO2. The maximum atomic E-state index is 5.96. The van der Waals surface area contributed by atoms with Crippen LogP contribution in [0.4, 0.5) is 0 Å². The van der Waals surface area contributed by atoms with E-state index in [1.165, 1.54) is 12.8 Å². The highest BCUT2D eigenvalue weighted by Gasteiger charge is 2.40. The molecule has 0 spiro atoms. The van der Waals surface area contributed by atoms with Gasteiger partial charge in [0.2, 0.25) is 0 Å². The van der Waals surface area contributed by atoms with Gasteiger partial charge in [-0.25, -0.2) is 0 Å². The van der Waals surface area contributed by atoms with Crippen LogP contribution in [0.3, 0.4) is 0 Å². The minimum Gasteiger partial charge on any atom is -0.486 e. The highest BCUT2D eigenvalue weighted by atomic mass is 16.6. The molecule has 1 N–H and O–H groups in total. The Hall–Kier alpha value is -1.48. The number of ether oxygens (including phenoxy) is 2. The molecule has 1 aliphatic heterocycles. The van der Waals surface area contributed by atoms with E-state index in [1.807, 2.05) is 24.3 Å². The van der Waals surface area contributed by atoms with Gasteiger partial charge in [0, 0.05) is 12.6 Å². The molecule has 19 heavy (non-hydrogen) atoms. The summed E-state index contributed by atoms with van der Waals surface area (Å²) in [6, 6.07) is 8.53. The number of allylic oxidation sites excluding steroid dienone is 1. The van der Waals surface area contributed by atoms with Crippen LogP contribution >= 0.6 is 0 Å². The maximum absolute atomic E-state index is 5.96. The summed E-state index contributed by atoms with van der Waals surface area (Å²) in [5.41, 5.74) is 0. The molecule has 1 fully saturated rings. The molecule has 1 aromatic carbocycles. The van der Waals surface area contributed by atoms with Gasteiger partial charge in [0.05, 0.1) is 0 Å². The van der Waals surface area contributed by atoms with Crippen LogP contribution in [0.5, 0.6) is 11.5 Å². The van der Waals surface area contributed by atoms with Gasteiger partial charge in [-0.1, -0.05) is 24.3 Å². The van der Waals surface area contributed by atoms with E-state index in [2.05, 4.69) is 17.5 Å². The molecule has 0 bridgehead atoms. The van der Waals surface area contributed by atoms with Gasteiger partial charge in [-0.3, -0.25) is 0 Å². The van der Waals surface area contributed by atoms with Gasteiger partial charge < -0.3 is 14.8 Å². The topological polar surface area (TPSA) is 30.5 Å². The van der Waals surface area contributed by atoms with Crippen molar-refractivity contribution >= 4 is 0 Å². The van der Waals surface area contributed by atoms with Gasteiger partial charge in [-0.15, -0.1) is 0 Å². The minimum absolute atomic E-state index is 0.124. The van der Waals surface area contributed by atoms with E-state index in [-0.39, 0.29) is 6.10 Å². The van der Waals surface area contributed by atoms with E-state index >= 15 is 0 Å².